The molecule has 0 spiro atoms. The highest BCUT2D eigenvalue weighted by Gasteiger charge is 2.25. The SMILES string of the molecule is CCCCCCCCCC[C@H]1CCC[C@@H]1CCC=C/C=C/C(=O)O. The van der Waals surface area contributed by atoms with Crippen molar-refractivity contribution >= 4 is 5.97 Å². The molecule has 0 aromatic carbocycles. The van der Waals surface area contributed by atoms with E-state index >= 15 is 0 Å². The first-order valence-electron chi connectivity index (χ1n) is 10.3. The molecule has 0 aliphatic heterocycles. The highest BCUT2D eigenvalue weighted by Crippen LogP contribution is 2.38. The molecule has 0 saturated heterocycles. The van der Waals surface area contributed by atoms with Gasteiger partial charge in [-0.3, -0.25) is 0 Å². The Morgan fingerprint density at radius 1 is 0.917 bits per heavy atom. The third-order valence-corrected chi connectivity index (χ3v) is 5.44. The summed E-state index contributed by atoms with van der Waals surface area (Å²) in [5, 5.41) is 8.53. The van der Waals surface area contributed by atoms with Gasteiger partial charge in [0, 0.05) is 6.08 Å². The Hall–Kier alpha value is -1.05. The van der Waals surface area contributed by atoms with Crippen molar-refractivity contribution in [2.24, 2.45) is 11.8 Å². The van der Waals surface area contributed by atoms with Gasteiger partial charge in [0.1, 0.15) is 0 Å². The molecule has 1 rings (SSSR count). The smallest absolute Gasteiger partial charge is 0.328 e. The maximum Gasteiger partial charge on any atom is 0.328 e. The zero-order valence-corrected chi connectivity index (χ0v) is 15.7. The number of rotatable bonds is 14. The summed E-state index contributed by atoms with van der Waals surface area (Å²) in [4.78, 5) is 10.4. The lowest BCUT2D eigenvalue weighted by Gasteiger charge is -2.18. The molecule has 0 amide bonds. The normalized spacial score (nSPS) is 21.2. The third-order valence-electron chi connectivity index (χ3n) is 5.44. The lowest BCUT2D eigenvalue weighted by molar-refractivity contribution is -0.131. The van der Waals surface area contributed by atoms with Crippen LogP contribution in [0, 0.1) is 11.8 Å². The van der Waals surface area contributed by atoms with Crippen molar-refractivity contribution in [3.8, 4) is 0 Å². The van der Waals surface area contributed by atoms with Crippen molar-refractivity contribution in [3.05, 3.63) is 24.3 Å². The van der Waals surface area contributed by atoms with E-state index in [1.807, 2.05) is 6.08 Å². The van der Waals surface area contributed by atoms with Crippen LogP contribution in [0.5, 0.6) is 0 Å². The van der Waals surface area contributed by atoms with E-state index in [-0.39, 0.29) is 0 Å². The number of hydrogen-bond acceptors (Lipinski definition) is 1. The van der Waals surface area contributed by atoms with Gasteiger partial charge in [-0.2, -0.15) is 0 Å². The van der Waals surface area contributed by atoms with Gasteiger partial charge in [-0.25, -0.2) is 4.79 Å². The van der Waals surface area contributed by atoms with Gasteiger partial charge in [0.2, 0.25) is 0 Å². The van der Waals surface area contributed by atoms with Crippen molar-refractivity contribution < 1.29 is 9.90 Å². The van der Waals surface area contributed by atoms with Crippen LogP contribution < -0.4 is 0 Å². The van der Waals surface area contributed by atoms with E-state index in [0.717, 1.165) is 18.3 Å². The summed E-state index contributed by atoms with van der Waals surface area (Å²) in [6, 6.07) is 0. The Labute approximate surface area is 149 Å². The predicted octanol–water partition coefficient (Wildman–Crippen LogP) is 6.91. The first-order valence-corrected chi connectivity index (χ1v) is 10.3. The Bertz CT molecular complexity index is 370. The molecule has 0 aromatic heterocycles. The van der Waals surface area contributed by atoms with Gasteiger partial charge in [0.25, 0.3) is 0 Å². The average molecular weight is 335 g/mol. The van der Waals surface area contributed by atoms with E-state index < -0.39 is 5.97 Å². The summed E-state index contributed by atoms with van der Waals surface area (Å²) in [6.07, 6.45) is 26.2. The van der Waals surface area contributed by atoms with Crippen molar-refractivity contribution in [1.29, 1.82) is 0 Å². The van der Waals surface area contributed by atoms with Crippen LogP contribution in [0.4, 0.5) is 0 Å². The molecule has 24 heavy (non-hydrogen) atoms. The molecule has 0 radical (unpaired) electrons. The molecule has 0 bridgehead atoms. The summed E-state index contributed by atoms with van der Waals surface area (Å²) in [7, 11) is 0. The highest BCUT2D eigenvalue weighted by atomic mass is 16.4. The average Bonchev–Trinajstić information content (AvgIpc) is 3.00. The molecule has 0 aromatic rings. The summed E-state index contributed by atoms with van der Waals surface area (Å²) in [5.41, 5.74) is 0. The molecule has 1 saturated carbocycles. The summed E-state index contributed by atoms with van der Waals surface area (Å²) < 4.78 is 0. The molecule has 1 N–H and O–H groups in total. The van der Waals surface area contributed by atoms with Gasteiger partial charge in [0.05, 0.1) is 0 Å². The minimum absolute atomic E-state index is 0.874. The second kappa shape index (κ2) is 14.3. The number of allylic oxidation sites excluding steroid dienone is 3. The minimum Gasteiger partial charge on any atom is -0.478 e. The van der Waals surface area contributed by atoms with E-state index in [1.165, 1.54) is 89.5 Å². The quantitative estimate of drug-likeness (QED) is 0.213. The summed E-state index contributed by atoms with van der Waals surface area (Å²) in [5.74, 6) is 0.983. The zero-order valence-electron chi connectivity index (χ0n) is 15.7. The highest BCUT2D eigenvalue weighted by molar-refractivity contribution is 5.80. The molecule has 1 fully saturated rings. The first-order chi connectivity index (χ1) is 11.7. The summed E-state index contributed by atoms with van der Waals surface area (Å²) in [6.45, 7) is 2.28. The fourth-order valence-corrected chi connectivity index (χ4v) is 4.04. The van der Waals surface area contributed by atoms with Crippen LogP contribution in [0.3, 0.4) is 0 Å². The second-order valence-corrected chi connectivity index (χ2v) is 7.42. The van der Waals surface area contributed by atoms with Crippen molar-refractivity contribution in [2.45, 2.75) is 96.8 Å². The molecule has 1 aliphatic carbocycles. The number of carboxylic acids is 1. The fourth-order valence-electron chi connectivity index (χ4n) is 4.04. The van der Waals surface area contributed by atoms with E-state index in [2.05, 4.69) is 13.0 Å². The van der Waals surface area contributed by atoms with Crippen molar-refractivity contribution in [2.75, 3.05) is 0 Å². The molecule has 0 heterocycles. The Morgan fingerprint density at radius 3 is 2.21 bits per heavy atom. The van der Waals surface area contributed by atoms with Crippen LogP contribution >= 0.6 is 0 Å². The monoisotopic (exact) mass is 334 g/mol. The van der Waals surface area contributed by atoms with E-state index in [4.69, 9.17) is 5.11 Å². The summed E-state index contributed by atoms with van der Waals surface area (Å²) >= 11 is 0. The molecule has 2 atom stereocenters. The lowest BCUT2D eigenvalue weighted by Crippen LogP contribution is -2.07. The lowest BCUT2D eigenvalue weighted by atomic mass is 9.87. The van der Waals surface area contributed by atoms with E-state index in [0.29, 0.717) is 0 Å². The standard InChI is InChI=1S/C22H38O2/c1-2-3-4-5-6-7-8-11-15-20-17-14-18-21(20)16-12-9-10-13-19-22(23)24/h9-10,13,19-21H,2-8,11-12,14-18H2,1H3,(H,23,24)/b10-9?,19-13+/t20-,21-/m0/s1. The van der Waals surface area contributed by atoms with Gasteiger partial charge in [-0.15, -0.1) is 0 Å². The molecular formula is C22H38O2. The minimum atomic E-state index is -0.874. The maximum absolute atomic E-state index is 10.4. The number of aliphatic carboxylic acids is 1. The number of hydrogen-bond donors (Lipinski definition) is 1. The van der Waals surface area contributed by atoms with Gasteiger partial charge < -0.3 is 5.11 Å². The largest absolute Gasteiger partial charge is 0.478 e. The van der Waals surface area contributed by atoms with Crippen molar-refractivity contribution in [3.63, 3.8) is 0 Å². The Kier molecular flexibility index (Phi) is 12.5. The molecule has 138 valence electrons. The van der Waals surface area contributed by atoms with Gasteiger partial charge in [-0.05, 0) is 24.7 Å². The van der Waals surface area contributed by atoms with Crippen LogP contribution in [0.25, 0.3) is 0 Å². The topological polar surface area (TPSA) is 37.3 Å². The van der Waals surface area contributed by atoms with Gasteiger partial charge in [-0.1, -0.05) is 102 Å². The molecular weight excluding hydrogens is 296 g/mol. The molecule has 1 aliphatic rings. The van der Waals surface area contributed by atoms with Crippen LogP contribution in [0.2, 0.25) is 0 Å². The fraction of sp³-hybridized carbons (Fsp3) is 0.773. The van der Waals surface area contributed by atoms with Crippen molar-refractivity contribution in [1.82, 2.24) is 0 Å². The zero-order chi connectivity index (χ0) is 17.5. The number of carboxylic acid groups (broad SMARTS) is 1. The van der Waals surface area contributed by atoms with E-state index in [9.17, 15) is 4.79 Å². The van der Waals surface area contributed by atoms with Crippen LogP contribution in [0.1, 0.15) is 96.8 Å². The Balaban J connectivity index is 2.05. The predicted molar refractivity (Wildman–Crippen MR) is 103 cm³/mol. The third kappa shape index (κ3) is 10.7. The molecule has 0 unspecified atom stereocenters. The molecule has 2 heteroatoms. The van der Waals surface area contributed by atoms with Gasteiger partial charge in [0.15, 0.2) is 0 Å². The Morgan fingerprint density at radius 2 is 1.54 bits per heavy atom. The maximum atomic E-state index is 10.4. The number of unbranched alkanes of at least 4 members (excludes halogenated alkanes) is 7. The first kappa shape index (κ1) is 21.0. The van der Waals surface area contributed by atoms with E-state index in [1.54, 1.807) is 6.08 Å². The molecule has 2 nitrogen and oxygen atoms in total. The van der Waals surface area contributed by atoms with Gasteiger partial charge >= 0.3 is 5.97 Å². The number of carbonyl (C=O) groups is 1. The second-order valence-electron chi connectivity index (χ2n) is 7.42. The van der Waals surface area contributed by atoms with Crippen LogP contribution in [-0.4, -0.2) is 11.1 Å². The van der Waals surface area contributed by atoms with Crippen LogP contribution in [-0.2, 0) is 4.79 Å². The van der Waals surface area contributed by atoms with Crippen LogP contribution in [0.15, 0.2) is 24.3 Å².